The first kappa shape index (κ1) is 18.6. The molecule has 7 nitrogen and oxygen atoms in total. The Bertz CT molecular complexity index is 881. The number of para-hydroxylation sites is 2. The first-order valence-electron chi connectivity index (χ1n) is 8.52. The number of methoxy groups -OCH3 is 2. The van der Waals surface area contributed by atoms with E-state index in [9.17, 15) is 9.59 Å². The zero-order valence-corrected chi connectivity index (χ0v) is 15.7. The van der Waals surface area contributed by atoms with Crippen molar-refractivity contribution in [2.75, 3.05) is 31.0 Å². The molecule has 2 aromatic carbocycles. The lowest BCUT2D eigenvalue weighted by Crippen LogP contribution is -2.48. The van der Waals surface area contributed by atoms with Crippen LogP contribution in [0.2, 0.25) is 0 Å². The van der Waals surface area contributed by atoms with E-state index in [4.69, 9.17) is 14.2 Å². The summed E-state index contributed by atoms with van der Waals surface area (Å²) in [4.78, 5) is 26.4. The third-order valence-corrected chi connectivity index (χ3v) is 4.43. The van der Waals surface area contributed by atoms with E-state index in [1.807, 2.05) is 13.0 Å². The van der Waals surface area contributed by atoms with E-state index in [1.54, 1.807) is 42.3 Å². The highest BCUT2D eigenvalue weighted by Crippen LogP contribution is 2.35. The smallest absolute Gasteiger partial charge is 0.267 e. The second-order valence-corrected chi connectivity index (χ2v) is 6.22. The number of amides is 2. The highest BCUT2D eigenvalue weighted by Gasteiger charge is 2.32. The van der Waals surface area contributed by atoms with Gasteiger partial charge in [0.05, 0.1) is 26.5 Å². The van der Waals surface area contributed by atoms with Crippen LogP contribution in [0.25, 0.3) is 0 Å². The Balaban J connectivity index is 1.84. The number of benzene rings is 2. The Kier molecular flexibility index (Phi) is 5.21. The molecule has 1 atom stereocenters. The normalized spacial score (nSPS) is 15.4. The number of hydrogen-bond donors (Lipinski definition) is 1. The minimum Gasteiger partial charge on any atom is -0.493 e. The molecule has 0 saturated heterocycles. The first-order valence-corrected chi connectivity index (χ1v) is 8.52. The van der Waals surface area contributed by atoms with Gasteiger partial charge in [-0.15, -0.1) is 0 Å². The predicted molar refractivity (Wildman–Crippen MR) is 102 cm³/mol. The van der Waals surface area contributed by atoms with Crippen LogP contribution in [0.15, 0.2) is 36.4 Å². The number of anilines is 2. The van der Waals surface area contributed by atoms with E-state index >= 15 is 0 Å². The summed E-state index contributed by atoms with van der Waals surface area (Å²) in [5, 5.41) is 2.86. The largest absolute Gasteiger partial charge is 0.493 e. The monoisotopic (exact) mass is 370 g/mol. The zero-order valence-electron chi connectivity index (χ0n) is 15.7. The zero-order chi connectivity index (χ0) is 19.6. The summed E-state index contributed by atoms with van der Waals surface area (Å²) in [5.74, 6) is 1.11. The third-order valence-electron chi connectivity index (χ3n) is 4.43. The predicted octanol–water partition coefficient (Wildman–Crippen LogP) is 2.76. The minimum atomic E-state index is -0.823. The van der Waals surface area contributed by atoms with Crippen LogP contribution in [0.3, 0.4) is 0 Å². The van der Waals surface area contributed by atoms with Crippen LogP contribution in [0, 0.1) is 6.92 Å². The number of carbonyl (C=O) groups excluding carboxylic acids is 2. The van der Waals surface area contributed by atoms with Gasteiger partial charge in [0.2, 0.25) is 5.91 Å². The number of carbonyl (C=O) groups is 2. The van der Waals surface area contributed by atoms with Gasteiger partial charge < -0.3 is 24.4 Å². The van der Waals surface area contributed by atoms with Crippen LogP contribution in [0.1, 0.15) is 12.5 Å². The molecule has 0 saturated carbocycles. The fraction of sp³-hybridized carbons (Fsp3) is 0.300. The molecule has 3 rings (SSSR count). The molecule has 0 aliphatic carbocycles. The van der Waals surface area contributed by atoms with Gasteiger partial charge in [0.15, 0.2) is 17.6 Å². The lowest BCUT2D eigenvalue weighted by atomic mass is 10.1. The maximum absolute atomic E-state index is 12.8. The molecular weight excluding hydrogens is 348 g/mol. The summed E-state index contributed by atoms with van der Waals surface area (Å²) in [7, 11) is 3.09. The fourth-order valence-corrected chi connectivity index (χ4v) is 3.00. The second-order valence-electron chi connectivity index (χ2n) is 6.22. The molecule has 1 heterocycles. The molecule has 2 aromatic rings. The second kappa shape index (κ2) is 7.57. The van der Waals surface area contributed by atoms with Crippen LogP contribution in [0.4, 0.5) is 11.4 Å². The topological polar surface area (TPSA) is 77.1 Å². The fourth-order valence-electron chi connectivity index (χ4n) is 3.00. The van der Waals surface area contributed by atoms with E-state index in [-0.39, 0.29) is 18.4 Å². The molecule has 0 bridgehead atoms. The Morgan fingerprint density at radius 3 is 2.48 bits per heavy atom. The Labute approximate surface area is 157 Å². The molecule has 142 valence electrons. The quantitative estimate of drug-likeness (QED) is 0.896. The summed E-state index contributed by atoms with van der Waals surface area (Å²) < 4.78 is 16.4. The van der Waals surface area contributed by atoms with Crippen LogP contribution >= 0.6 is 0 Å². The average Bonchev–Trinajstić information content (AvgIpc) is 2.67. The SMILES string of the molecule is COc1cc(C)c(NC(=O)[C@H]2CN(C(C)=O)c3ccccc3O2)cc1OC. The van der Waals surface area contributed by atoms with Crippen LogP contribution < -0.4 is 24.4 Å². The molecule has 0 radical (unpaired) electrons. The molecule has 0 aromatic heterocycles. The number of ether oxygens (including phenoxy) is 3. The Morgan fingerprint density at radius 1 is 1.15 bits per heavy atom. The molecule has 0 spiro atoms. The van der Waals surface area contributed by atoms with E-state index < -0.39 is 6.10 Å². The standard InChI is InChI=1S/C20H22N2O5/c1-12-9-17(25-3)18(26-4)10-14(12)21-20(24)19-11-22(13(2)23)15-7-5-6-8-16(15)27-19/h5-10,19H,11H2,1-4H3,(H,21,24)/t19-/m1/s1. The van der Waals surface area contributed by atoms with Crippen molar-refractivity contribution in [3.63, 3.8) is 0 Å². The molecule has 0 unspecified atom stereocenters. The van der Waals surface area contributed by atoms with Gasteiger partial charge in [-0.1, -0.05) is 12.1 Å². The molecule has 0 fully saturated rings. The molecule has 1 aliphatic rings. The van der Waals surface area contributed by atoms with E-state index in [2.05, 4.69) is 5.32 Å². The van der Waals surface area contributed by atoms with Gasteiger partial charge in [-0.2, -0.15) is 0 Å². The van der Waals surface area contributed by atoms with Crippen molar-refractivity contribution in [3.05, 3.63) is 42.0 Å². The highest BCUT2D eigenvalue weighted by molar-refractivity contribution is 5.99. The number of hydrogen-bond acceptors (Lipinski definition) is 5. The summed E-state index contributed by atoms with van der Waals surface area (Å²) in [6, 6.07) is 10.6. The Morgan fingerprint density at radius 2 is 1.81 bits per heavy atom. The van der Waals surface area contributed by atoms with Crippen LogP contribution in [-0.4, -0.2) is 38.7 Å². The van der Waals surface area contributed by atoms with Crippen molar-refractivity contribution in [2.45, 2.75) is 20.0 Å². The highest BCUT2D eigenvalue weighted by atomic mass is 16.5. The van der Waals surface area contributed by atoms with E-state index in [0.717, 1.165) is 5.56 Å². The lowest BCUT2D eigenvalue weighted by Gasteiger charge is -2.33. The van der Waals surface area contributed by atoms with Crippen molar-refractivity contribution in [2.24, 2.45) is 0 Å². The summed E-state index contributed by atoms with van der Waals surface area (Å²) in [6.07, 6.45) is -0.823. The molecule has 27 heavy (non-hydrogen) atoms. The van der Waals surface area contributed by atoms with Crippen LogP contribution in [0.5, 0.6) is 17.2 Å². The van der Waals surface area contributed by atoms with Crippen molar-refractivity contribution < 1.29 is 23.8 Å². The molecular formula is C20H22N2O5. The number of fused-ring (bicyclic) bond motifs is 1. The van der Waals surface area contributed by atoms with Gasteiger partial charge in [0.1, 0.15) is 5.75 Å². The summed E-state index contributed by atoms with van der Waals surface area (Å²) >= 11 is 0. The average molecular weight is 370 g/mol. The first-order chi connectivity index (χ1) is 12.9. The van der Waals surface area contributed by atoms with Gasteiger partial charge in [-0.05, 0) is 30.7 Å². The van der Waals surface area contributed by atoms with Gasteiger partial charge in [0.25, 0.3) is 5.91 Å². The molecule has 1 N–H and O–H groups in total. The number of nitrogens with one attached hydrogen (secondary N) is 1. The number of rotatable bonds is 4. The van der Waals surface area contributed by atoms with E-state index in [0.29, 0.717) is 28.6 Å². The lowest BCUT2D eigenvalue weighted by molar-refractivity contribution is -0.123. The summed E-state index contributed by atoms with van der Waals surface area (Å²) in [6.45, 7) is 3.47. The number of aryl methyl sites for hydroxylation is 1. The van der Waals surface area contributed by atoms with Crippen molar-refractivity contribution >= 4 is 23.2 Å². The third kappa shape index (κ3) is 3.67. The van der Waals surface area contributed by atoms with Gasteiger partial charge in [-0.25, -0.2) is 0 Å². The minimum absolute atomic E-state index is 0.143. The number of nitrogens with zero attached hydrogens (tertiary/aromatic N) is 1. The summed E-state index contributed by atoms with van der Waals surface area (Å²) in [5.41, 5.74) is 2.08. The molecule has 1 aliphatic heterocycles. The van der Waals surface area contributed by atoms with Crippen molar-refractivity contribution in [1.82, 2.24) is 0 Å². The maximum atomic E-state index is 12.8. The molecule has 2 amide bonds. The van der Waals surface area contributed by atoms with Gasteiger partial charge >= 0.3 is 0 Å². The van der Waals surface area contributed by atoms with E-state index in [1.165, 1.54) is 14.0 Å². The van der Waals surface area contributed by atoms with Gasteiger partial charge in [0, 0.05) is 18.7 Å². The van der Waals surface area contributed by atoms with Crippen molar-refractivity contribution in [1.29, 1.82) is 0 Å². The van der Waals surface area contributed by atoms with Crippen molar-refractivity contribution in [3.8, 4) is 17.2 Å². The van der Waals surface area contributed by atoms with Crippen LogP contribution in [-0.2, 0) is 9.59 Å². The molecule has 7 heteroatoms. The Hall–Kier alpha value is -3.22. The van der Waals surface area contributed by atoms with Gasteiger partial charge in [-0.3, -0.25) is 9.59 Å². The maximum Gasteiger partial charge on any atom is 0.267 e.